The van der Waals surface area contributed by atoms with Gasteiger partial charge < -0.3 is 9.64 Å². The fourth-order valence-corrected chi connectivity index (χ4v) is 1.57. The summed E-state index contributed by atoms with van der Waals surface area (Å²) < 4.78 is 5.22. The molecule has 1 aromatic rings. The third kappa shape index (κ3) is 3.59. The lowest BCUT2D eigenvalue weighted by molar-refractivity contribution is -0.142. The van der Waals surface area contributed by atoms with Crippen molar-refractivity contribution in [2.75, 3.05) is 20.7 Å². The Bertz CT molecular complexity index is 415. The number of Topliss-reactive ketones (excluding diaryl/α,β-unsaturated/α-hetero) is 1. The van der Waals surface area contributed by atoms with Crippen LogP contribution in [0.15, 0.2) is 24.3 Å². The van der Waals surface area contributed by atoms with Gasteiger partial charge in [0.25, 0.3) is 5.91 Å². The smallest absolute Gasteiger partial charge is 0.289 e. The molecule has 4 nitrogen and oxygen atoms in total. The molecule has 0 radical (unpaired) electrons. The van der Waals surface area contributed by atoms with Gasteiger partial charge in [0, 0.05) is 20.5 Å². The van der Waals surface area contributed by atoms with Crippen molar-refractivity contribution in [1.82, 2.24) is 4.90 Å². The van der Waals surface area contributed by atoms with Gasteiger partial charge in [-0.3, -0.25) is 9.59 Å². The van der Waals surface area contributed by atoms with Crippen molar-refractivity contribution in [2.45, 2.75) is 13.3 Å². The third-order valence-electron chi connectivity index (χ3n) is 2.56. The Kier molecular flexibility index (Phi) is 4.69. The number of ether oxygens (including phenoxy) is 1. The second kappa shape index (κ2) is 6.03. The van der Waals surface area contributed by atoms with E-state index in [2.05, 4.69) is 0 Å². The summed E-state index contributed by atoms with van der Waals surface area (Å²) in [7, 11) is 3.24. The van der Waals surface area contributed by atoms with Gasteiger partial charge in [-0.25, -0.2) is 0 Å². The topological polar surface area (TPSA) is 46.6 Å². The first-order valence-corrected chi connectivity index (χ1v) is 5.44. The summed E-state index contributed by atoms with van der Waals surface area (Å²) in [4.78, 5) is 23.7. The number of carbonyl (C=O) groups excluding carboxylic acids is 2. The van der Waals surface area contributed by atoms with Crippen LogP contribution in [0.5, 0.6) is 5.75 Å². The highest BCUT2D eigenvalue weighted by Gasteiger charge is 2.13. The van der Waals surface area contributed by atoms with Crippen LogP contribution in [0.25, 0.3) is 0 Å². The first-order chi connectivity index (χ1) is 8.06. The predicted octanol–water partition coefficient (Wildman–Crippen LogP) is 1.29. The molecule has 17 heavy (non-hydrogen) atoms. The van der Waals surface area contributed by atoms with Gasteiger partial charge >= 0.3 is 0 Å². The van der Waals surface area contributed by atoms with Gasteiger partial charge in [0.15, 0.2) is 0 Å². The average molecular weight is 235 g/mol. The van der Waals surface area contributed by atoms with Gasteiger partial charge in [-0.05, 0) is 18.1 Å². The van der Waals surface area contributed by atoms with E-state index in [4.69, 9.17) is 4.74 Å². The second-order valence-corrected chi connectivity index (χ2v) is 3.84. The Labute approximate surface area is 101 Å². The Morgan fingerprint density at radius 3 is 2.53 bits per heavy atom. The monoisotopic (exact) mass is 235 g/mol. The maximum Gasteiger partial charge on any atom is 0.289 e. The fraction of sp³-hybridized carbons (Fsp3) is 0.385. The van der Waals surface area contributed by atoms with Gasteiger partial charge in [0.05, 0.1) is 7.11 Å². The molecule has 0 N–H and O–H groups in total. The predicted molar refractivity (Wildman–Crippen MR) is 65.0 cm³/mol. The first kappa shape index (κ1) is 13.2. The largest absolute Gasteiger partial charge is 0.496 e. The van der Waals surface area contributed by atoms with Crippen LogP contribution in [-0.4, -0.2) is 37.3 Å². The van der Waals surface area contributed by atoms with Crippen LogP contribution in [0, 0.1) is 0 Å². The van der Waals surface area contributed by atoms with Gasteiger partial charge in [-0.1, -0.05) is 18.2 Å². The zero-order valence-electron chi connectivity index (χ0n) is 10.4. The molecule has 0 spiro atoms. The summed E-state index contributed by atoms with van der Waals surface area (Å²) in [6.45, 7) is 1.78. The van der Waals surface area contributed by atoms with E-state index >= 15 is 0 Å². The van der Waals surface area contributed by atoms with E-state index in [0.717, 1.165) is 11.3 Å². The molecule has 1 aromatic carbocycles. The normalized spacial score (nSPS) is 9.82. The zero-order valence-corrected chi connectivity index (χ0v) is 10.4. The van der Waals surface area contributed by atoms with E-state index in [-0.39, 0.29) is 0 Å². The molecule has 0 aliphatic rings. The lowest BCUT2D eigenvalue weighted by Crippen LogP contribution is -2.33. The van der Waals surface area contributed by atoms with Crippen LogP contribution >= 0.6 is 0 Å². The lowest BCUT2D eigenvalue weighted by atomic mass is 10.1. The Balaban J connectivity index is 2.61. The molecule has 0 aliphatic carbocycles. The van der Waals surface area contributed by atoms with E-state index in [9.17, 15) is 9.59 Å². The molecule has 0 aromatic heterocycles. The SMILES string of the molecule is COc1ccccc1CCN(C)C(=O)C(C)=O. The summed E-state index contributed by atoms with van der Waals surface area (Å²) >= 11 is 0. The van der Waals surface area contributed by atoms with E-state index in [0.29, 0.717) is 13.0 Å². The van der Waals surface area contributed by atoms with Crippen LogP contribution in [0.4, 0.5) is 0 Å². The molecule has 1 amide bonds. The van der Waals surface area contributed by atoms with Crippen LogP contribution in [0.3, 0.4) is 0 Å². The lowest BCUT2D eigenvalue weighted by Gasteiger charge is -2.16. The molecule has 0 saturated heterocycles. The highest BCUT2D eigenvalue weighted by atomic mass is 16.5. The third-order valence-corrected chi connectivity index (χ3v) is 2.56. The van der Waals surface area contributed by atoms with Crippen molar-refractivity contribution >= 4 is 11.7 Å². The number of hydrogen-bond donors (Lipinski definition) is 0. The molecular formula is C13H17NO3. The number of amides is 1. The maximum absolute atomic E-state index is 11.4. The minimum Gasteiger partial charge on any atom is -0.496 e. The molecule has 0 bridgehead atoms. The number of hydrogen-bond acceptors (Lipinski definition) is 3. The van der Waals surface area contributed by atoms with E-state index in [1.165, 1.54) is 11.8 Å². The second-order valence-electron chi connectivity index (χ2n) is 3.84. The molecule has 0 fully saturated rings. The number of carbonyl (C=O) groups is 2. The number of benzene rings is 1. The first-order valence-electron chi connectivity index (χ1n) is 5.44. The molecular weight excluding hydrogens is 218 g/mol. The number of methoxy groups -OCH3 is 1. The molecule has 1 rings (SSSR count). The quantitative estimate of drug-likeness (QED) is 0.722. The summed E-state index contributed by atoms with van der Waals surface area (Å²) in [6, 6.07) is 7.64. The average Bonchev–Trinajstić information content (AvgIpc) is 2.35. The van der Waals surface area contributed by atoms with Crippen LogP contribution in [0.2, 0.25) is 0 Å². The molecule has 4 heteroatoms. The van der Waals surface area contributed by atoms with Gasteiger partial charge in [-0.2, -0.15) is 0 Å². The van der Waals surface area contributed by atoms with Crippen LogP contribution in [0.1, 0.15) is 12.5 Å². The molecule has 0 aliphatic heterocycles. The van der Waals surface area contributed by atoms with Crippen molar-refractivity contribution in [3.8, 4) is 5.75 Å². The maximum atomic E-state index is 11.4. The van der Waals surface area contributed by atoms with Gasteiger partial charge in [0.2, 0.25) is 5.78 Å². The van der Waals surface area contributed by atoms with E-state index in [1.54, 1.807) is 14.2 Å². The van der Waals surface area contributed by atoms with Crippen molar-refractivity contribution in [1.29, 1.82) is 0 Å². The van der Waals surface area contributed by atoms with Gasteiger partial charge in [-0.15, -0.1) is 0 Å². The van der Waals surface area contributed by atoms with Crippen molar-refractivity contribution in [2.24, 2.45) is 0 Å². The Morgan fingerprint density at radius 1 is 1.29 bits per heavy atom. The number of ketones is 1. The Morgan fingerprint density at radius 2 is 1.94 bits per heavy atom. The molecule has 92 valence electrons. The molecule has 0 heterocycles. The molecule has 0 unspecified atom stereocenters. The van der Waals surface area contributed by atoms with E-state index in [1.807, 2.05) is 24.3 Å². The van der Waals surface area contributed by atoms with Crippen molar-refractivity contribution in [3.05, 3.63) is 29.8 Å². The minimum atomic E-state index is -0.458. The standard InChI is InChI=1S/C13H17NO3/c1-10(15)13(16)14(2)9-8-11-6-4-5-7-12(11)17-3/h4-7H,8-9H2,1-3H3. The summed E-state index contributed by atoms with van der Waals surface area (Å²) in [5.41, 5.74) is 1.03. The fourth-order valence-electron chi connectivity index (χ4n) is 1.57. The zero-order chi connectivity index (χ0) is 12.8. The highest BCUT2D eigenvalue weighted by Crippen LogP contribution is 2.17. The number of nitrogens with zero attached hydrogens (tertiary/aromatic N) is 1. The minimum absolute atomic E-state index is 0.437. The van der Waals surface area contributed by atoms with Crippen LogP contribution in [-0.2, 0) is 16.0 Å². The molecule has 0 atom stereocenters. The summed E-state index contributed by atoms with van der Waals surface area (Å²) in [5, 5.41) is 0. The summed E-state index contributed by atoms with van der Waals surface area (Å²) in [5.74, 6) is -0.0939. The number of likely N-dealkylation sites (N-methyl/N-ethyl adjacent to an activating group) is 1. The van der Waals surface area contributed by atoms with Gasteiger partial charge in [0.1, 0.15) is 5.75 Å². The molecule has 0 saturated carbocycles. The van der Waals surface area contributed by atoms with E-state index < -0.39 is 11.7 Å². The highest BCUT2D eigenvalue weighted by molar-refractivity contribution is 6.34. The Hall–Kier alpha value is -1.84. The van der Waals surface area contributed by atoms with Crippen molar-refractivity contribution < 1.29 is 14.3 Å². The summed E-state index contributed by atoms with van der Waals surface area (Å²) in [6.07, 6.45) is 0.666. The van der Waals surface area contributed by atoms with Crippen LogP contribution < -0.4 is 4.74 Å². The van der Waals surface area contributed by atoms with Crippen molar-refractivity contribution in [3.63, 3.8) is 0 Å². The number of para-hydroxylation sites is 1. The number of rotatable bonds is 5.